The lowest BCUT2D eigenvalue weighted by atomic mass is 9.89. The number of ether oxygens (including phenoxy) is 2. The number of nitrogens with two attached hydrogens (primary N) is 1. The Labute approximate surface area is 172 Å². The van der Waals surface area contributed by atoms with Crippen LogP contribution in [0.3, 0.4) is 0 Å². The molecule has 152 valence electrons. The number of carbonyl (C=O) groups is 1. The van der Waals surface area contributed by atoms with Gasteiger partial charge >= 0.3 is 5.97 Å². The van der Waals surface area contributed by atoms with Crippen molar-refractivity contribution in [2.45, 2.75) is 44.3 Å². The fourth-order valence-corrected chi connectivity index (χ4v) is 4.83. The van der Waals surface area contributed by atoms with Crippen LogP contribution in [0.15, 0.2) is 48.5 Å². The highest BCUT2D eigenvalue weighted by atomic mass is 32.2. The maximum atomic E-state index is 13.4. The number of hydrogen-bond donors (Lipinski definition) is 1. The van der Waals surface area contributed by atoms with Gasteiger partial charge in [0.1, 0.15) is 10.5 Å². The zero-order valence-corrected chi connectivity index (χ0v) is 17.9. The first-order valence-electron chi connectivity index (χ1n) is 9.87. The highest BCUT2D eigenvalue weighted by Crippen LogP contribution is 2.48. The van der Waals surface area contributed by atoms with Crippen LogP contribution in [0, 0.1) is 0 Å². The van der Waals surface area contributed by atoms with Gasteiger partial charge in [0.2, 0.25) is 0 Å². The summed E-state index contributed by atoms with van der Waals surface area (Å²) in [4.78, 5) is 13.4. The van der Waals surface area contributed by atoms with Crippen LogP contribution in [0.2, 0.25) is 0 Å². The van der Waals surface area contributed by atoms with E-state index in [0.29, 0.717) is 30.0 Å². The van der Waals surface area contributed by atoms with Gasteiger partial charge in [0.05, 0.1) is 13.7 Å². The van der Waals surface area contributed by atoms with Crippen molar-refractivity contribution in [3.8, 4) is 5.75 Å². The number of rotatable bonds is 11. The average molecular weight is 402 g/mol. The molecule has 0 bridgehead atoms. The van der Waals surface area contributed by atoms with Crippen LogP contribution in [-0.2, 0) is 20.7 Å². The van der Waals surface area contributed by atoms with E-state index in [0.717, 1.165) is 30.6 Å². The van der Waals surface area contributed by atoms with Crippen molar-refractivity contribution in [1.29, 1.82) is 0 Å². The molecule has 0 aliphatic rings. The SMILES string of the molecule is CCCCCSC(Cc1ccccc1)(C(=O)OCC)c1c(N)cccc1OC. The lowest BCUT2D eigenvalue weighted by Gasteiger charge is -2.33. The molecule has 2 N–H and O–H groups in total. The predicted octanol–water partition coefficient (Wildman–Crippen LogP) is 5.20. The molecule has 0 radical (unpaired) electrons. The molecule has 1 unspecified atom stereocenters. The number of thioether (sulfide) groups is 1. The van der Waals surface area contributed by atoms with E-state index in [2.05, 4.69) is 6.92 Å². The largest absolute Gasteiger partial charge is 0.496 e. The Hall–Kier alpha value is -2.14. The van der Waals surface area contributed by atoms with E-state index in [1.807, 2.05) is 55.5 Å². The number of anilines is 1. The summed E-state index contributed by atoms with van der Waals surface area (Å²) < 4.78 is 10.2. The highest BCUT2D eigenvalue weighted by Gasteiger charge is 2.45. The average Bonchev–Trinajstić information content (AvgIpc) is 2.71. The van der Waals surface area contributed by atoms with Crippen molar-refractivity contribution in [3.63, 3.8) is 0 Å². The molecule has 28 heavy (non-hydrogen) atoms. The Morgan fingerprint density at radius 2 is 1.82 bits per heavy atom. The van der Waals surface area contributed by atoms with Crippen molar-refractivity contribution < 1.29 is 14.3 Å². The molecule has 0 spiro atoms. The molecule has 5 heteroatoms. The van der Waals surface area contributed by atoms with Gasteiger partial charge < -0.3 is 15.2 Å². The van der Waals surface area contributed by atoms with E-state index >= 15 is 0 Å². The quantitative estimate of drug-likeness (QED) is 0.318. The molecule has 0 saturated carbocycles. The van der Waals surface area contributed by atoms with Crippen molar-refractivity contribution in [2.24, 2.45) is 0 Å². The maximum absolute atomic E-state index is 13.4. The van der Waals surface area contributed by atoms with Crippen molar-refractivity contribution in [3.05, 3.63) is 59.7 Å². The standard InChI is InChI=1S/C23H31NO3S/c1-4-6-10-16-28-23(22(25)27-5-2,17-18-12-8-7-9-13-18)21-19(24)14-11-15-20(21)26-3/h7-9,11-15H,4-6,10,16-17,24H2,1-3H3. The Morgan fingerprint density at radius 1 is 1.07 bits per heavy atom. The van der Waals surface area contributed by atoms with Gasteiger partial charge in [-0.1, -0.05) is 56.2 Å². The summed E-state index contributed by atoms with van der Waals surface area (Å²) in [6, 6.07) is 15.5. The molecule has 0 aliphatic carbocycles. The third kappa shape index (κ3) is 5.22. The summed E-state index contributed by atoms with van der Waals surface area (Å²) in [7, 11) is 1.61. The van der Waals surface area contributed by atoms with Gasteiger partial charge in [0.25, 0.3) is 0 Å². The Balaban J connectivity index is 2.59. The van der Waals surface area contributed by atoms with Crippen LogP contribution in [0.4, 0.5) is 5.69 Å². The van der Waals surface area contributed by atoms with E-state index in [1.54, 1.807) is 18.9 Å². The van der Waals surface area contributed by atoms with Gasteiger partial charge in [-0.15, -0.1) is 11.8 Å². The molecule has 0 saturated heterocycles. The summed E-state index contributed by atoms with van der Waals surface area (Å²) >= 11 is 1.61. The lowest BCUT2D eigenvalue weighted by molar-refractivity contribution is -0.146. The fourth-order valence-electron chi connectivity index (χ4n) is 3.32. The van der Waals surface area contributed by atoms with Gasteiger partial charge in [-0.2, -0.15) is 0 Å². The summed E-state index contributed by atoms with van der Waals surface area (Å²) in [6.45, 7) is 4.32. The number of esters is 1. The third-order valence-corrected chi connectivity index (χ3v) is 6.18. The van der Waals surface area contributed by atoms with Crippen molar-refractivity contribution in [1.82, 2.24) is 0 Å². The predicted molar refractivity (Wildman–Crippen MR) is 118 cm³/mol. The molecule has 4 nitrogen and oxygen atoms in total. The molecular formula is C23H31NO3S. The van der Waals surface area contributed by atoms with Crippen LogP contribution in [0.25, 0.3) is 0 Å². The number of nitrogen functional groups attached to an aromatic ring is 1. The lowest BCUT2D eigenvalue weighted by Crippen LogP contribution is -2.38. The van der Waals surface area contributed by atoms with E-state index in [-0.39, 0.29) is 5.97 Å². The summed E-state index contributed by atoms with van der Waals surface area (Å²) in [6.07, 6.45) is 3.78. The molecule has 1 atom stereocenters. The van der Waals surface area contributed by atoms with Crippen LogP contribution >= 0.6 is 11.8 Å². The van der Waals surface area contributed by atoms with Crippen molar-refractivity contribution in [2.75, 3.05) is 25.2 Å². The zero-order valence-electron chi connectivity index (χ0n) is 17.1. The summed E-state index contributed by atoms with van der Waals surface area (Å²) in [5, 5.41) is 0. The smallest absolute Gasteiger partial charge is 0.327 e. The zero-order chi connectivity index (χ0) is 20.4. The van der Waals surface area contributed by atoms with Crippen LogP contribution < -0.4 is 10.5 Å². The van der Waals surface area contributed by atoms with Crippen LogP contribution in [-0.4, -0.2) is 25.4 Å². The molecule has 2 aromatic rings. The molecular weight excluding hydrogens is 370 g/mol. The second kappa shape index (κ2) is 11.0. The topological polar surface area (TPSA) is 61.5 Å². The Kier molecular flexibility index (Phi) is 8.71. The summed E-state index contributed by atoms with van der Waals surface area (Å²) in [5.41, 5.74) is 8.72. The monoisotopic (exact) mass is 401 g/mol. The second-order valence-electron chi connectivity index (χ2n) is 6.69. The third-order valence-electron chi connectivity index (χ3n) is 4.68. The maximum Gasteiger partial charge on any atom is 0.327 e. The molecule has 0 aromatic heterocycles. The fraction of sp³-hybridized carbons (Fsp3) is 0.435. The molecule has 0 aliphatic heterocycles. The van der Waals surface area contributed by atoms with Gasteiger partial charge in [0.15, 0.2) is 0 Å². The number of methoxy groups -OCH3 is 1. The number of hydrogen-bond acceptors (Lipinski definition) is 5. The number of unbranched alkanes of at least 4 members (excludes halogenated alkanes) is 2. The number of carbonyl (C=O) groups excluding carboxylic acids is 1. The van der Waals surface area contributed by atoms with Crippen LogP contribution in [0.1, 0.15) is 44.2 Å². The van der Waals surface area contributed by atoms with Gasteiger partial charge in [-0.3, -0.25) is 4.79 Å². The summed E-state index contributed by atoms with van der Waals surface area (Å²) in [5.74, 6) is 1.19. The minimum Gasteiger partial charge on any atom is -0.496 e. The minimum absolute atomic E-state index is 0.267. The van der Waals surface area contributed by atoms with Gasteiger partial charge in [0, 0.05) is 17.7 Å². The normalized spacial score (nSPS) is 13.0. The van der Waals surface area contributed by atoms with Crippen LogP contribution in [0.5, 0.6) is 5.75 Å². The van der Waals surface area contributed by atoms with E-state index in [1.165, 1.54) is 0 Å². The molecule has 0 fully saturated rings. The first kappa shape index (κ1) is 22.2. The van der Waals surface area contributed by atoms with Crippen molar-refractivity contribution >= 4 is 23.4 Å². The van der Waals surface area contributed by atoms with E-state index in [4.69, 9.17) is 15.2 Å². The van der Waals surface area contributed by atoms with Gasteiger partial charge in [-0.05, 0) is 36.8 Å². The molecule has 0 amide bonds. The Morgan fingerprint density at radius 3 is 2.46 bits per heavy atom. The number of benzene rings is 2. The second-order valence-corrected chi connectivity index (χ2v) is 8.08. The Bertz CT molecular complexity index is 751. The first-order valence-corrected chi connectivity index (χ1v) is 10.9. The molecule has 0 heterocycles. The van der Waals surface area contributed by atoms with E-state index < -0.39 is 4.75 Å². The first-order chi connectivity index (χ1) is 13.6. The van der Waals surface area contributed by atoms with E-state index in [9.17, 15) is 4.79 Å². The highest BCUT2D eigenvalue weighted by molar-refractivity contribution is 8.00. The minimum atomic E-state index is -0.957. The molecule has 2 aromatic carbocycles. The molecule has 2 rings (SSSR count). The van der Waals surface area contributed by atoms with Gasteiger partial charge in [-0.25, -0.2) is 0 Å².